The van der Waals surface area contributed by atoms with Gasteiger partial charge in [-0.3, -0.25) is 4.79 Å². The Morgan fingerprint density at radius 2 is 1.52 bits per heavy atom. The predicted molar refractivity (Wildman–Crippen MR) is 207 cm³/mol. The minimum Gasteiger partial charge on any atom is -0.462 e. The Balaban J connectivity index is 1.06. The Bertz CT molecular complexity index is 1210. The molecule has 282 valence electrons. The van der Waals surface area contributed by atoms with Gasteiger partial charge in [-0.15, -0.1) is 0 Å². The lowest BCUT2D eigenvalue weighted by molar-refractivity contribution is -0.497. The summed E-state index contributed by atoms with van der Waals surface area (Å²) >= 11 is 0. The van der Waals surface area contributed by atoms with Crippen LogP contribution in [0.2, 0.25) is 0 Å². The molecule has 1 saturated heterocycles. The number of carbonyl (C=O) groups excluding carboxylic acids is 1. The number of carbonyl (C=O) groups is 1. The molecule has 2 heterocycles. The molecular formula is C46H74O4. The third kappa shape index (κ3) is 8.27. The van der Waals surface area contributed by atoms with Gasteiger partial charge in [0, 0.05) is 30.1 Å². The fourth-order valence-corrected chi connectivity index (χ4v) is 11.1. The van der Waals surface area contributed by atoms with E-state index in [1.54, 1.807) is 0 Å². The molecule has 10 atom stereocenters. The lowest BCUT2D eigenvalue weighted by Crippen LogP contribution is -2.73. The van der Waals surface area contributed by atoms with E-state index >= 15 is 0 Å². The molecule has 2 aliphatic heterocycles. The van der Waals surface area contributed by atoms with Crippen LogP contribution in [0, 0.1) is 46.3 Å². The van der Waals surface area contributed by atoms with Gasteiger partial charge in [0.15, 0.2) is 0 Å². The highest BCUT2D eigenvalue weighted by Crippen LogP contribution is 2.73. The molecule has 50 heavy (non-hydrogen) atoms. The third-order valence-corrected chi connectivity index (χ3v) is 14.7. The molecule has 10 unspecified atom stereocenters. The van der Waals surface area contributed by atoms with E-state index in [1.807, 2.05) is 0 Å². The van der Waals surface area contributed by atoms with Gasteiger partial charge in [0.2, 0.25) is 0 Å². The van der Waals surface area contributed by atoms with E-state index in [0.29, 0.717) is 48.3 Å². The third-order valence-electron chi connectivity index (χ3n) is 14.7. The highest BCUT2D eigenvalue weighted by molar-refractivity contribution is 5.69. The van der Waals surface area contributed by atoms with Gasteiger partial charge in [0.05, 0.1) is 0 Å². The fraction of sp³-hybridized carbons (Fsp3) is 0.804. The van der Waals surface area contributed by atoms with Gasteiger partial charge in [-0.25, -0.2) is 9.78 Å². The second-order valence-electron chi connectivity index (χ2n) is 18.2. The molecule has 3 saturated carbocycles. The van der Waals surface area contributed by atoms with Crippen molar-refractivity contribution < 1.29 is 19.3 Å². The summed E-state index contributed by atoms with van der Waals surface area (Å²) in [7, 11) is 0. The number of rotatable bonds is 19. The predicted octanol–water partition coefficient (Wildman–Crippen LogP) is 12.8. The van der Waals surface area contributed by atoms with Crippen LogP contribution in [-0.4, -0.2) is 23.3 Å². The van der Waals surface area contributed by atoms with Crippen molar-refractivity contribution >= 4 is 5.97 Å². The molecule has 4 fully saturated rings. The van der Waals surface area contributed by atoms with Gasteiger partial charge < -0.3 is 4.74 Å². The highest BCUT2D eigenvalue weighted by Gasteiger charge is 2.74. The molecule has 6 aliphatic rings. The van der Waals surface area contributed by atoms with Crippen molar-refractivity contribution in [1.29, 1.82) is 0 Å². The summed E-state index contributed by atoms with van der Waals surface area (Å²) in [6.45, 7) is 16.7. The maximum absolute atomic E-state index is 12.9. The lowest BCUT2D eigenvalue weighted by atomic mass is 9.42. The topological polar surface area (TPSA) is 44.8 Å². The van der Waals surface area contributed by atoms with E-state index in [2.05, 4.69) is 97.1 Å². The Morgan fingerprint density at radius 3 is 2.22 bits per heavy atom. The molecule has 0 aromatic carbocycles. The number of hydrogen-bond donors (Lipinski definition) is 0. The van der Waals surface area contributed by atoms with Crippen molar-refractivity contribution in [2.24, 2.45) is 46.3 Å². The van der Waals surface area contributed by atoms with Crippen LogP contribution in [0.3, 0.4) is 0 Å². The van der Waals surface area contributed by atoms with Gasteiger partial charge >= 0.3 is 5.97 Å². The standard InChI is InChI=1S/C46H74O4/c1-8-9-10-11-12-13-14-15-16-17-18-19-20-21-22-23-42(47)48-38-28-31-44(7)41-29-30-43(6)39(37(5)25-24-36(4)35(2)3)26-27-40(43)46(41)33-32-45(44,34-38)49-50-46/h12-13,15-16,24-25,32-33,35-41H,8-11,14,17-23,26-31,34H2,1-7H3. The summed E-state index contributed by atoms with van der Waals surface area (Å²) in [4.78, 5) is 26.2. The minimum atomic E-state index is -0.503. The summed E-state index contributed by atoms with van der Waals surface area (Å²) < 4.78 is 6.13. The quantitative estimate of drug-likeness (QED) is 0.0586. The Hall–Kier alpha value is -1.65. The molecule has 6 rings (SSSR count). The van der Waals surface area contributed by atoms with Crippen LogP contribution in [0.4, 0.5) is 0 Å². The Labute approximate surface area is 307 Å². The van der Waals surface area contributed by atoms with Crippen LogP contribution in [0.1, 0.15) is 170 Å². The van der Waals surface area contributed by atoms with Gasteiger partial charge in [-0.2, -0.15) is 0 Å². The van der Waals surface area contributed by atoms with Crippen LogP contribution in [0.15, 0.2) is 48.6 Å². The molecule has 0 amide bonds. The summed E-state index contributed by atoms with van der Waals surface area (Å²) in [6.07, 6.45) is 40.1. The maximum Gasteiger partial charge on any atom is 0.306 e. The normalized spacial score (nSPS) is 37.4. The van der Waals surface area contributed by atoms with Crippen LogP contribution in [0.25, 0.3) is 0 Å². The van der Waals surface area contributed by atoms with Crippen molar-refractivity contribution in [2.75, 3.05) is 0 Å². The van der Waals surface area contributed by atoms with E-state index in [4.69, 9.17) is 14.5 Å². The monoisotopic (exact) mass is 691 g/mol. The first-order chi connectivity index (χ1) is 24.0. The molecule has 0 aromatic heterocycles. The minimum absolute atomic E-state index is 0.000669. The second-order valence-corrected chi connectivity index (χ2v) is 18.2. The van der Waals surface area contributed by atoms with E-state index < -0.39 is 5.60 Å². The zero-order chi connectivity index (χ0) is 35.8. The van der Waals surface area contributed by atoms with Gasteiger partial charge in [0.25, 0.3) is 0 Å². The van der Waals surface area contributed by atoms with Gasteiger partial charge in [-0.05, 0) is 112 Å². The largest absolute Gasteiger partial charge is 0.462 e. The molecule has 4 aliphatic carbocycles. The van der Waals surface area contributed by atoms with Crippen molar-refractivity contribution in [3.63, 3.8) is 0 Å². The van der Waals surface area contributed by atoms with Crippen molar-refractivity contribution in [1.82, 2.24) is 0 Å². The number of ether oxygens (including phenoxy) is 1. The van der Waals surface area contributed by atoms with E-state index in [-0.39, 0.29) is 28.5 Å². The van der Waals surface area contributed by atoms with Crippen LogP contribution < -0.4 is 0 Å². The Kier molecular flexibility index (Phi) is 13.8. The van der Waals surface area contributed by atoms with E-state index in [1.165, 1.54) is 70.6 Å². The maximum atomic E-state index is 12.9. The van der Waals surface area contributed by atoms with Gasteiger partial charge in [-0.1, -0.05) is 123 Å². The number of unbranched alkanes of at least 4 members (excludes halogenated alkanes) is 8. The molecule has 4 nitrogen and oxygen atoms in total. The SMILES string of the molecule is CCCCCC=CCC=CCCCCCCCC(=O)OC1CCC2(C)C3CCC4(C)C(C(C)C=CC(C)C(C)C)CCC4C34C=CC2(C1)OO4. The average molecular weight is 691 g/mol. The average Bonchev–Trinajstić information content (AvgIpc) is 3.46. The van der Waals surface area contributed by atoms with E-state index in [0.717, 1.165) is 38.5 Å². The molecular weight excluding hydrogens is 617 g/mol. The fourth-order valence-electron chi connectivity index (χ4n) is 11.1. The number of esters is 1. The Morgan fingerprint density at radius 1 is 0.800 bits per heavy atom. The van der Waals surface area contributed by atoms with Crippen molar-refractivity contribution in [3.05, 3.63) is 48.6 Å². The van der Waals surface area contributed by atoms with Crippen molar-refractivity contribution in [3.8, 4) is 0 Å². The molecule has 0 N–H and O–H groups in total. The van der Waals surface area contributed by atoms with Crippen LogP contribution in [-0.2, 0) is 19.3 Å². The summed E-state index contributed by atoms with van der Waals surface area (Å²) in [5, 5.41) is 0. The second kappa shape index (κ2) is 17.5. The molecule has 2 spiro atoms. The van der Waals surface area contributed by atoms with E-state index in [9.17, 15) is 4.79 Å². The highest BCUT2D eigenvalue weighted by atomic mass is 17.2. The van der Waals surface area contributed by atoms with Crippen LogP contribution in [0.5, 0.6) is 0 Å². The molecule has 2 bridgehead atoms. The zero-order valence-corrected chi connectivity index (χ0v) is 33.2. The molecule has 0 aromatic rings. The lowest BCUT2D eigenvalue weighted by Gasteiger charge is -2.69. The first-order valence-corrected chi connectivity index (χ1v) is 21.3. The first kappa shape index (κ1) is 39.6. The number of allylic oxidation sites excluding steroid dienone is 6. The molecule has 0 radical (unpaired) electrons. The smallest absolute Gasteiger partial charge is 0.306 e. The number of hydrogen-bond acceptors (Lipinski definition) is 4. The first-order valence-electron chi connectivity index (χ1n) is 21.3. The molecule has 4 heteroatoms. The summed E-state index contributed by atoms with van der Waals surface area (Å²) in [6, 6.07) is 0. The van der Waals surface area contributed by atoms with Crippen molar-refractivity contribution in [2.45, 2.75) is 188 Å². The zero-order valence-electron chi connectivity index (χ0n) is 33.2. The van der Waals surface area contributed by atoms with Crippen LogP contribution >= 0.6 is 0 Å². The number of fused-ring (bicyclic) bond motifs is 2. The summed E-state index contributed by atoms with van der Waals surface area (Å²) in [5.41, 5.74) is -0.591. The summed E-state index contributed by atoms with van der Waals surface area (Å²) in [5.74, 6) is 3.41. The van der Waals surface area contributed by atoms with Gasteiger partial charge in [0.1, 0.15) is 17.3 Å².